The molecule has 0 fully saturated rings. The molecule has 0 saturated carbocycles. The van der Waals surface area contributed by atoms with E-state index in [1.165, 1.54) is 15.1 Å². The van der Waals surface area contributed by atoms with Crippen molar-refractivity contribution in [3.05, 3.63) is 57.1 Å². The maximum atomic E-state index is 12.6. The second-order valence-electron chi connectivity index (χ2n) is 8.02. The van der Waals surface area contributed by atoms with Crippen molar-refractivity contribution in [3.63, 3.8) is 0 Å². The van der Waals surface area contributed by atoms with Crippen LogP contribution in [0.3, 0.4) is 0 Å². The first kappa shape index (κ1) is 19.7. The number of ether oxygens (including phenoxy) is 1. The number of nitrogens with zero attached hydrogens (tertiary/aromatic N) is 4. The quantitative estimate of drug-likeness (QED) is 0.518. The number of carbonyl (C=O) groups is 1. The third kappa shape index (κ3) is 3.59. The first-order chi connectivity index (χ1) is 15.0. The number of aromatic nitrogens is 4. The lowest BCUT2D eigenvalue weighted by Gasteiger charge is -2.17. The molecule has 3 heterocycles. The van der Waals surface area contributed by atoms with Crippen molar-refractivity contribution in [2.45, 2.75) is 39.3 Å². The van der Waals surface area contributed by atoms with Crippen LogP contribution >= 0.6 is 11.3 Å². The number of rotatable bonds is 5. The third-order valence-corrected chi connectivity index (χ3v) is 6.98. The number of hydrogen-bond donors (Lipinski definition) is 1. The van der Waals surface area contributed by atoms with E-state index in [2.05, 4.69) is 22.2 Å². The van der Waals surface area contributed by atoms with Gasteiger partial charge in [0, 0.05) is 11.4 Å². The maximum absolute atomic E-state index is 12.6. The molecule has 1 aliphatic rings. The summed E-state index contributed by atoms with van der Waals surface area (Å²) in [6.45, 7) is 2.49. The van der Waals surface area contributed by atoms with Gasteiger partial charge >= 0.3 is 5.69 Å². The van der Waals surface area contributed by atoms with Gasteiger partial charge in [0.2, 0.25) is 5.91 Å². The number of thiophene rings is 1. The molecule has 0 saturated heterocycles. The summed E-state index contributed by atoms with van der Waals surface area (Å²) in [4.78, 5) is 36.3. The maximum Gasteiger partial charge on any atom is 0.365 e. The topological polar surface area (TPSA) is 90.5 Å². The van der Waals surface area contributed by atoms with Crippen molar-refractivity contribution in [1.82, 2.24) is 24.5 Å². The summed E-state index contributed by atoms with van der Waals surface area (Å²) in [5.74, 6) is 1.12. The van der Waals surface area contributed by atoms with E-state index in [1.807, 2.05) is 24.3 Å². The summed E-state index contributed by atoms with van der Waals surface area (Å²) in [7, 11) is 1.60. The molecule has 4 aromatic rings. The van der Waals surface area contributed by atoms with Gasteiger partial charge in [-0.3, -0.25) is 4.79 Å². The highest BCUT2D eigenvalue weighted by molar-refractivity contribution is 7.19. The van der Waals surface area contributed by atoms with Crippen LogP contribution in [0.25, 0.3) is 15.9 Å². The van der Waals surface area contributed by atoms with Crippen molar-refractivity contribution in [3.8, 4) is 5.75 Å². The van der Waals surface area contributed by atoms with Gasteiger partial charge in [0.05, 0.1) is 12.5 Å². The van der Waals surface area contributed by atoms with Gasteiger partial charge in [0.25, 0.3) is 0 Å². The number of nitrogens with one attached hydrogen (secondary N) is 1. The Hall–Kier alpha value is -3.20. The number of fused-ring (bicyclic) bond motifs is 5. The monoisotopic (exact) mass is 437 g/mol. The summed E-state index contributed by atoms with van der Waals surface area (Å²) in [6.07, 6.45) is 4.73. The fourth-order valence-corrected chi connectivity index (χ4v) is 5.52. The molecule has 160 valence electrons. The molecule has 8 nitrogen and oxygen atoms in total. The Bertz CT molecular complexity index is 1350. The van der Waals surface area contributed by atoms with Crippen molar-refractivity contribution >= 4 is 33.1 Å². The minimum absolute atomic E-state index is 0.124. The SMILES string of the molecule is COc1cccc(CNC(=O)Cn2c(=O)nc3c4c5c(sc4ncn32)C[C@@H](C)CC5)c1. The van der Waals surface area contributed by atoms with E-state index in [-0.39, 0.29) is 12.5 Å². The second-order valence-corrected chi connectivity index (χ2v) is 9.11. The molecule has 5 rings (SSSR count). The minimum Gasteiger partial charge on any atom is -0.497 e. The Morgan fingerprint density at radius 3 is 3.10 bits per heavy atom. The number of methoxy groups -OCH3 is 1. The predicted molar refractivity (Wildman–Crippen MR) is 119 cm³/mol. The normalized spacial score (nSPS) is 15.9. The average molecular weight is 438 g/mol. The molecule has 1 aliphatic carbocycles. The van der Waals surface area contributed by atoms with Gasteiger partial charge in [0.1, 0.15) is 23.5 Å². The zero-order valence-electron chi connectivity index (χ0n) is 17.4. The van der Waals surface area contributed by atoms with E-state index in [9.17, 15) is 9.59 Å². The highest BCUT2D eigenvalue weighted by atomic mass is 32.1. The van der Waals surface area contributed by atoms with Gasteiger partial charge in [-0.2, -0.15) is 4.98 Å². The van der Waals surface area contributed by atoms with E-state index >= 15 is 0 Å². The largest absolute Gasteiger partial charge is 0.497 e. The molecule has 1 amide bonds. The molecule has 1 atom stereocenters. The van der Waals surface area contributed by atoms with Crippen LogP contribution in [0.5, 0.6) is 5.75 Å². The van der Waals surface area contributed by atoms with Crippen molar-refractivity contribution in [2.75, 3.05) is 7.11 Å². The Morgan fingerprint density at radius 2 is 2.26 bits per heavy atom. The van der Waals surface area contributed by atoms with Gasteiger partial charge in [-0.15, -0.1) is 11.3 Å². The van der Waals surface area contributed by atoms with Crippen LogP contribution < -0.4 is 15.7 Å². The van der Waals surface area contributed by atoms with Crippen LogP contribution in [0.1, 0.15) is 29.3 Å². The van der Waals surface area contributed by atoms with Crippen LogP contribution in [0.2, 0.25) is 0 Å². The van der Waals surface area contributed by atoms with Crippen LogP contribution in [0, 0.1) is 5.92 Å². The summed E-state index contributed by atoms with van der Waals surface area (Å²) in [6, 6.07) is 7.49. The van der Waals surface area contributed by atoms with Crippen LogP contribution in [-0.4, -0.2) is 32.2 Å². The lowest BCUT2D eigenvalue weighted by atomic mass is 9.89. The second kappa shape index (κ2) is 7.81. The van der Waals surface area contributed by atoms with Crippen molar-refractivity contribution in [2.24, 2.45) is 5.92 Å². The summed E-state index contributed by atoms with van der Waals surface area (Å²) in [5.41, 5.74) is 2.31. The fourth-order valence-electron chi connectivity index (χ4n) is 4.18. The fraction of sp³-hybridized carbons (Fsp3) is 0.364. The Balaban J connectivity index is 1.42. The van der Waals surface area contributed by atoms with E-state index in [0.717, 1.165) is 40.8 Å². The molecule has 1 aromatic carbocycles. The van der Waals surface area contributed by atoms with Crippen molar-refractivity contribution < 1.29 is 9.53 Å². The van der Waals surface area contributed by atoms with Crippen LogP contribution in [0.4, 0.5) is 0 Å². The summed E-state index contributed by atoms with van der Waals surface area (Å²) < 4.78 is 8.15. The lowest BCUT2D eigenvalue weighted by molar-refractivity contribution is -0.122. The molecule has 3 aromatic heterocycles. The Kier molecular flexibility index (Phi) is 4.97. The highest BCUT2D eigenvalue weighted by Crippen LogP contribution is 2.38. The molecular weight excluding hydrogens is 414 g/mol. The van der Waals surface area contributed by atoms with E-state index < -0.39 is 5.69 Å². The molecule has 0 radical (unpaired) electrons. The molecule has 0 spiro atoms. The molecular formula is C22H23N5O3S. The van der Waals surface area contributed by atoms with Crippen LogP contribution in [0.15, 0.2) is 35.4 Å². The molecule has 0 bridgehead atoms. The zero-order chi connectivity index (χ0) is 21.5. The highest BCUT2D eigenvalue weighted by Gasteiger charge is 2.24. The molecule has 9 heteroatoms. The molecule has 1 N–H and O–H groups in total. The lowest BCUT2D eigenvalue weighted by Crippen LogP contribution is -2.32. The number of amides is 1. The van der Waals surface area contributed by atoms with E-state index in [1.54, 1.807) is 29.3 Å². The number of carbonyl (C=O) groups excluding carboxylic acids is 1. The van der Waals surface area contributed by atoms with E-state index in [0.29, 0.717) is 18.1 Å². The Morgan fingerprint density at radius 1 is 1.39 bits per heavy atom. The average Bonchev–Trinajstić information content (AvgIpc) is 3.29. The van der Waals surface area contributed by atoms with Gasteiger partial charge in [-0.05, 0) is 48.4 Å². The van der Waals surface area contributed by atoms with Gasteiger partial charge < -0.3 is 10.1 Å². The minimum atomic E-state index is -0.449. The first-order valence-electron chi connectivity index (χ1n) is 10.3. The smallest absolute Gasteiger partial charge is 0.365 e. The molecule has 31 heavy (non-hydrogen) atoms. The Labute approximate surface area is 182 Å². The first-order valence-corrected chi connectivity index (χ1v) is 11.1. The zero-order valence-corrected chi connectivity index (χ0v) is 18.2. The number of benzene rings is 1. The predicted octanol–water partition coefficient (Wildman–Crippen LogP) is 2.56. The van der Waals surface area contributed by atoms with Crippen LogP contribution in [-0.2, 0) is 30.7 Å². The van der Waals surface area contributed by atoms with Gasteiger partial charge in [-0.1, -0.05) is 19.1 Å². The van der Waals surface area contributed by atoms with Crippen molar-refractivity contribution in [1.29, 1.82) is 0 Å². The molecule has 0 aliphatic heterocycles. The van der Waals surface area contributed by atoms with Gasteiger partial charge in [-0.25, -0.2) is 19.0 Å². The van der Waals surface area contributed by atoms with E-state index in [4.69, 9.17) is 4.74 Å². The van der Waals surface area contributed by atoms with Gasteiger partial charge in [0.15, 0.2) is 5.65 Å². The summed E-state index contributed by atoms with van der Waals surface area (Å²) in [5, 5.41) is 3.81. The number of hydrogen-bond acceptors (Lipinski definition) is 6. The number of aryl methyl sites for hydroxylation is 1. The third-order valence-electron chi connectivity index (χ3n) is 5.82. The molecule has 0 unspecified atom stereocenters. The standard InChI is InChI=1S/C22H23N5O3S/c1-13-6-7-16-17(8-13)31-21-19(16)20-25-22(29)26(27(20)12-24-21)11-18(28)23-10-14-4-3-5-15(9-14)30-2/h3-5,9,12-13H,6-8,10-11H2,1-2H3,(H,23,28)/t13-/m0/s1. The summed E-state index contributed by atoms with van der Waals surface area (Å²) >= 11 is 1.69.